The van der Waals surface area contributed by atoms with E-state index in [0.29, 0.717) is 39.4 Å². The summed E-state index contributed by atoms with van der Waals surface area (Å²) in [6.07, 6.45) is 1.75. The Morgan fingerprint density at radius 1 is 1.11 bits per heavy atom. The molecule has 0 radical (unpaired) electrons. The number of oxazole rings is 1. The first-order valence-electron chi connectivity index (χ1n) is 11.8. The summed E-state index contributed by atoms with van der Waals surface area (Å²) >= 11 is 7.25. The van der Waals surface area contributed by atoms with Crippen molar-refractivity contribution in [3.8, 4) is 11.4 Å². The van der Waals surface area contributed by atoms with Crippen LogP contribution in [0.3, 0.4) is 0 Å². The number of aromatic nitrogens is 4. The van der Waals surface area contributed by atoms with Crippen LogP contribution in [-0.2, 0) is 7.05 Å². The number of rotatable bonds is 6. The maximum atomic E-state index is 13.5. The van der Waals surface area contributed by atoms with Crippen molar-refractivity contribution in [3.63, 3.8) is 0 Å². The molecule has 2 N–H and O–H groups in total. The second-order valence-electron chi connectivity index (χ2n) is 9.00. The Morgan fingerprint density at radius 2 is 1.89 bits per heavy atom. The van der Waals surface area contributed by atoms with E-state index in [1.54, 1.807) is 36.9 Å². The molecule has 2 aromatic carbocycles. The van der Waals surface area contributed by atoms with Gasteiger partial charge in [0.15, 0.2) is 17.2 Å². The minimum absolute atomic E-state index is 0.160. The molecule has 0 aliphatic carbocycles. The molecule has 38 heavy (non-hydrogen) atoms. The molecular weight excluding hydrogens is 524 g/mol. The van der Waals surface area contributed by atoms with Crippen LogP contribution in [-0.4, -0.2) is 31.7 Å². The second kappa shape index (κ2) is 10.1. The van der Waals surface area contributed by atoms with E-state index in [1.165, 1.54) is 11.9 Å². The fourth-order valence-electron chi connectivity index (χ4n) is 4.50. The van der Waals surface area contributed by atoms with E-state index in [2.05, 4.69) is 20.0 Å². The van der Waals surface area contributed by atoms with Gasteiger partial charge in [-0.15, -0.1) is 0 Å². The number of carbonyl (C=O) groups is 1. The first-order chi connectivity index (χ1) is 18.2. The van der Waals surface area contributed by atoms with E-state index in [4.69, 9.17) is 21.0 Å². The summed E-state index contributed by atoms with van der Waals surface area (Å²) in [4.78, 5) is 39.7. The third-order valence-corrected chi connectivity index (χ3v) is 6.82. The monoisotopic (exact) mass is 548 g/mol. The van der Waals surface area contributed by atoms with Gasteiger partial charge in [0.05, 0.1) is 22.6 Å². The zero-order valence-electron chi connectivity index (χ0n) is 21.4. The topological polar surface area (TPSA) is 115 Å². The van der Waals surface area contributed by atoms with Crippen molar-refractivity contribution in [1.29, 1.82) is 0 Å². The van der Waals surface area contributed by atoms with Crippen LogP contribution in [0, 0.1) is 13.8 Å². The van der Waals surface area contributed by atoms with Gasteiger partial charge in [-0.2, -0.15) is 0 Å². The molecule has 3 heterocycles. The van der Waals surface area contributed by atoms with Crippen molar-refractivity contribution in [3.05, 3.63) is 80.7 Å². The van der Waals surface area contributed by atoms with Crippen molar-refractivity contribution in [2.45, 2.75) is 26.8 Å². The first-order valence-corrected chi connectivity index (χ1v) is 13.4. The number of pyridine rings is 1. The van der Waals surface area contributed by atoms with Gasteiger partial charge in [0, 0.05) is 31.4 Å². The third-order valence-electron chi connectivity index (χ3n) is 6.22. The molecule has 1 atom stereocenters. The molecule has 5 rings (SSSR count). The van der Waals surface area contributed by atoms with E-state index in [1.807, 2.05) is 44.2 Å². The summed E-state index contributed by atoms with van der Waals surface area (Å²) in [6, 6.07) is 12.4. The normalized spacial score (nSPS) is 12.2. The lowest BCUT2D eigenvalue weighted by molar-refractivity contribution is 0.0980. The highest BCUT2D eigenvalue weighted by Crippen LogP contribution is 2.30. The summed E-state index contributed by atoms with van der Waals surface area (Å²) in [6.45, 7) is 5.67. The van der Waals surface area contributed by atoms with E-state index in [-0.39, 0.29) is 28.4 Å². The number of benzene rings is 2. The molecule has 0 aliphatic rings. The molecule has 1 amide bonds. The lowest BCUT2D eigenvalue weighted by atomic mass is 10.0. The Hall–Kier alpha value is -3.89. The zero-order chi connectivity index (χ0) is 27.1. The smallest absolute Gasteiger partial charge is 0.281 e. The fourth-order valence-corrected chi connectivity index (χ4v) is 4.93. The second-order valence-corrected chi connectivity index (χ2v) is 10.00. The van der Waals surface area contributed by atoms with Gasteiger partial charge < -0.3 is 9.73 Å². The number of aryl methyl sites for hydroxylation is 2. The van der Waals surface area contributed by atoms with Crippen molar-refractivity contribution in [2.24, 2.45) is 7.05 Å². The predicted octanol–water partition coefficient (Wildman–Crippen LogP) is 5.59. The Labute approximate surface area is 227 Å². The Balaban J connectivity index is 1.64. The summed E-state index contributed by atoms with van der Waals surface area (Å²) in [5.74, 6) is 0.713. The number of amides is 1. The third kappa shape index (κ3) is 4.72. The van der Waals surface area contributed by atoms with E-state index in [0.717, 1.165) is 16.7 Å². The minimum atomic E-state index is -0.364. The van der Waals surface area contributed by atoms with Crippen LogP contribution in [0.1, 0.15) is 40.5 Å². The van der Waals surface area contributed by atoms with Gasteiger partial charge in [-0.05, 0) is 55.8 Å². The summed E-state index contributed by atoms with van der Waals surface area (Å²) < 4.78 is 9.83. The highest BCUT2D eigenvalue weighted by Gasteiger charge is 2.21. The molecule has 0 saturated heterocycles. The van der Waals surface area contributed by atoms with Gasteiger partial charge in [0.25, 0.3) is 11.5 Å². The molecule has 1 unspecified atom stereocenters. The lowest BCUT2D eigenvalue weighted by Crippen LogP contribution is -2.22. The van der Waals surface area contributed by atoms with Crippen LogP contribution < -0.4 is 15.6 Å². The largest absolute Gasteiger partial charge is 0.441 e. The molecule has 0 saturated carbocycles. The molecule has 0 spiro atoms. The number of nitrogens with zero attached hydrogens (tertiary/aromatic N) is 4. The quantitative estimate of drug-likeness (QED) is 0.208. The molecule has 194 valence electrons. The maximum absolute atomic E-state index is 13.5. The molecule has 3 aromatic heterocycles. The highest BCUT2D eigenvalue weighted by atomic mass is 35.5. The summed E-state index contributed by atoms with van der Waals surface area (Å²) in [5.41, 5.74) is 4.94. The number of hydrogen-bond donors (Lipinski definition) is 2. The zero-order valence-corrected chi connectivity index (χ0v) is 23.0. The number of anilines is 1. The fraction of sp³-hybridized carbons (Fsp3) is 0.222. The highest BCUT2D eigenvalue weighted by molar-refractivity contribution is 7.97. The van der Waals surface area contributed by atoms with Crippen LogP contribution >= 0.6 is 23.5 Å². The standard InChI is InChI=1S/C27H25ClN6O3S/c1-13-10-17(14(2)29-19-7-9-22(28)31-24(19)26(35)33-38-5)23-18(11-13)27(36)34(4)25(32-23)16-6-8-21-20(12-16)30-15(3)37-21/h6-12,14,29H,1-5H3,(H,33,35). The molecular formula is C27H25ClN6O3S. The Morgan fingerprint density at radius 3 is 2.66 bits per heavy atom. The maximum Gasteiger partial charge on any atom is 0.281 e. The van der Waals surface area contributed by atoms with Crippen LogP contribution in [0.2, 0.25) is 5.15 Å². The van der Waals surface area contributed by atoms with Crippen LogP contribution in [0.5, 0.6) is 0 Å². The van der Waals surface area contributed by atoms with Crippen molar-refractivity contribution >= 4 is 57.1 Å². The van der Waals surface area contributed by atoms with E-state index < -0.39 is 0 Å². The van der Waals surface area contributed by atoms with Crippen molar-refractivity contribution < 1.29 is 9.21 Å². The number of carbonyl (C=O) groups excluding carboxylic acids is 1. The average Bonchev–Trinajstić information content (AvgIpc) is 3.26. The minimum Gasteiger partial charge on any atom is -0.441 e. The van der Waals surface area contributed by atoms with Crippen molar-refractivity contribution in [1.82, 2.24) is 24.2 Å². The molecule has 5 aromatic rings. The van der Waals surface area contributed by atoms with Gasteiger partial charge in [-0.1, -0.05) is 29.6 Å². The van der Waals surface area contributed by atoms with E-state index in [9.17, 15) is 9.59 Å². The number of halogens is 1. The number of nitrogens with one attached hydrogen (secondary N) is 2. The SMILES string of the molecule is CSNC(=O)c1nc(Cl)ccc1NC(C)c1cc(C)cc2c(=O)n(C)c(-c3ccc4oc(C)nc4c3)nc12. The molecule has 0 aliphatic heterocycles. The predicted molar refractivity (Wildman–Crippen MR) is 152 cm³/mol. The van der Waals surface area contributed by atoms with Gasteiger partial charge >= 0.3 is 0 Å². The first kappa shape index (κ1) is 25.7. The molecule has 0 fully saturated rings. The van der Waals surface area contributed by atoms with E-state index >= 15 is 0 Å². The number of fused-ring (bicyclic) bond motifs is 2. The van der Waals surface area contributed by atoms with Crippen LogP contribution in [0.25, 0.3) is 33.4 Å². The van der Waals surface area contributed by atoms with Gasteiger partial charge in [0.1, 0.15) is 16.5 Å². The molecule has 9 nitrogen and oxygen atoms in total. The van der Waals surface area contributed by atoms with Crippen LogP contribution in [0.15, 0.2) is 51.7 Å². The van der Waals surface area contributed by atoms with Gasteiger partial charge in [-0.25, -0.2) is 15.0 Å². The average molecular weight is 549 g/mol. The Kier molecular flexibility index (Phi) is 6.85. The Bertz CT molecular complexity index is 1780. The van der Waals surface area contributed by atoms with Crippen molar-refractivity contribution in [2.75, 3.05) is 11.6 Å². The summed E-state index contributed by atoms with van der Waals surface area (Å²) in [7, 11) is 1.71. The molecule has 11 heteroatoms. The lowest BCUT2D eigenvalue weighted by Gasteiger charge is -2.20. The van der Waals surface area contributed by atoms with Gasteiger partial charge in [0.2, 0.25) is 0 Å². The van der Waals surface area contributed by atoms with Crippen LogP contribution in [0.4, 0.5) is 5.69 Å². The number of hydrogen-bond acceptors (Lipinski definition) is 8. The van der Waals surface area contributed by atoms with Gasteiger partial charge in [-0.3, -0.25) is 18.9 Å². The summed E-state index contributed by atoms with van der Waals surface area (Å²) in [5, 5.41) is 4.09. The molecule has 0 bridgehead atoms.